The number of fused-ring (bicyclic) bond motifs is 1. The second-order valence-electron chi connectivity index (χ2n) is 6.62. The lowest BCUT2D eigenvalue weighted by Crippen LogP contribution is -2.34. The third kappa shape index (κ3) is 6.69. The molecule has 160 valence electrons. The van der Waals surface area contributed by atoms with Gasteiger partial charge in [-0.25, -0.2) is 17.9 Å². The van der Waals surface area contributed by atoms with Crippen LogP contribution in [0.5, 0.6) is 0 Å². The number of hydrogen-bond donors (Lipinski definition) is 2. The van der Waals surface area contributed by atoms with E-state index in [1.54, 1.807) is 18.3 Å². The van der Waals surface area contributed by atoms with Gasteiger partial charge in [-0.05, 0) is 18.4 Å². The van der Waals surface area contributed by atoms with Crippen LogP contribution in [0, 0.1) is 11.8 Å². The second-order valence-corrected chi connectivity index (χ2v) is 9.75. The predicted molar refractivity (Wildman–Crippen MR) is 97.5 cm³/mol. The van der Waals surface area contributed by atoms with Crippen LogP contribution in [0.25, 0.3) is 0 Å². The number of aliphatic carboxylic acids is 1. The maximum absolute atomic E-state index is 11.6. The fourth-order valence-corrected chi connectivity index (χ4v) is 4.60. The average Bonchev–Trinajstić information content (AvgIpc) is 3.31. The lowest BCUT2D eigenvalue weighted by atomic mass is 9.93. The molecule has 0 saturated carbocycles. The first-order valence-corrected chi connectivity index (χ1v) is 11.2. The molecular weight excluding hydrogens is 421 g/mol. The summed E-state index contributed by atoms with van der Waals surface area (Å²) in [5, 5.41) is 9.23. The zero-order valence-electron chi connectivity index (χ0n) is 15.2. The molecule has 7 nitrogen and oxygen atoms in total. The Bertz CT molecular complexity index is 740. The number of carbonyl (C=O) groups is 1. The van der Waals surface area contributed by atoms with Gasteiger partial charge in [-0.2, -0.15) is 13.2 Å². The maximum atomic E-state index is 11.6. The van der Waals surface area contributed by atoms with Crippen molar-refractivity contribution in [1.82, 2.24) is 9.62 Å². The fourth-order valence-electron chi connectivity index (χ4n) is 3.18. The van der Waals surface area contributed by atoms with Crippen molar-refractivity contribution >= 4 is 27.3 Å². The van der Waals surface area contributed by atoms with Crippen molar-refractivity contribution in [3.8, 4) is 0 Å². The zero-order chi connectivity index (χ0) is 20.9. The number of nitrogens with one attached hydrogen (secondary N) is 1. The number of likely N-dealkylation sites (tertiary alicyclic amines) is 1. The van der Waals surface area contributed by atoms with Gasteiger partial charge in [0.25, 0.3) is 0 Å². The summed E-state index contributed by atoms with van der Waals surface area (Å²) in [5.41, 5.74) is 0. The first-order valence-electron chi connectivity index (χ1n) is 8.65. The van der Waals surface area contributed by atoms with Gasteiger partial charge in [-0.1, -0.05) is 6.07 Å². The summed E-state index contributed by atoms with van der Waals surface area (Å²) in [7, 11) is -3.11. The minimum atomic E-state index is -5.08. The molecular formula is C16H23F3N2O5S2. The number of halogens is 3. The van der Waals surface area contributed by atoms with Crippen LogP contribution in [0.3, 0.4) is 0 Å². The number of carboxylic acid groups (broad SMARTS) is 1. The topological polar surface area (TPSA) is 95.9 Å². The molecule has 3 rings (SSSR count). The van der Waals surface area contributed by atoms with E-state index in [1.165, 1.54) is 4.88 Å². The van der Waals surface area contributed by atoms with Crippen molar-refractivity contribution in [3.63, 3.8) is 0 Å². The fraction of sp³-hybridized carbons (Fsp3) is 0.688. The SMILES string of the molecule is CCS(=O)(=O)NC[C@H]1CO[C@@H]2CN(Cc3cccs3)C[C@H]12.O=C(O)C(F)(F)F. The van der Waals surface area contributed by atoms with E-state index in [0.29, 0.717) is 25.0 Å². The van der Waals surface area contributed by atoms with Gasteiger partial charge in [0.2, 0.25) is 10.0 Å². The summed E-state index contributed by atoms with van der Waals surface area (Å²) in [6.45, 7) is 5.77. The quantitative estimate of drug-likeness (QED) is 0.694. The van der Waals surface area contributed by atoms with Gasteiger partial charge < -0.3 is 9.84 Å². The van der Waals surface area contributed by atoms with Crippen LogP contribution < -0.4 is 4.72 Å². The van der Waals surface area contributed by atoms with Crippen molar-refractivity contribution < 1.29 is 36.2 Å². The van der Waals surface area contributed by atoms with Crippen molar-refractivity contribution in [2.75, 3.05) is 32.0 Å². The Morgan fingerprint density at radius 1 is 1.43 bits per heavy atom. The first kappa shape index (κ1) is 23.1. The highest BCUT2D eigenvalue weighted by molar-refractivity contribution is 7.89. The Labute approximate surface area is 165 Å². The van der Waals surface area contributed by atoms with Crippen LogP contribution in [0.15, 0.2) is 17.5 Å². The number of hydrogen-bond acceptors (Lipinski definition) is 6. The van der Waals surface area contributed by atoms with Gasteiger partial charge in [0, 0.05) is 42.9 Å². The summed E-state index contributed by atoms with van der Waals surface area (Å²) >= 11 is 1.78. The Hall–Kier alpha value is -1.21. The van der Waals surface area contributed by atoms with Gasteiger partial charge >= 0.3 is 12.1 Å². The zero-order valence-corrected chi connectivity index (χ0v) is 16.8. The molecule has 28 heavy (non-hydrogen) atoms. The Morgan fingerprint density at radius 3 is 2.64 bits per heavy atom. The summed E-state index contributed by atoms with van der Waals surface area (Å²) < 4.78 is 63.4. The molecule has 2 fully saturated rings. The molecule has 2 aliphatic rings. The molecule has 2 saturated heterocycles. The van der Waals surface area contributed by atoms with Crippen LogP contribution in [0.2, 0.25) is 0 Å². The van der Waals surface area contributed by atoms with Crippen molar-refractivity contribution in [3.05, 3.63) is 22.4 Å². The summed E-state index contributed by atoms with van der Waals surface area (Å²) in [6.07, 6.45) is -4.82. The molecule has 0 aromatic carbocycles. The molecule has 1 aromatic rings. The Morgan fingerprint density at radius 2 is 2.11 bits per heavy atom. The first-order chi connectivity index (χ1) is 13.0. The molecule has 2 aliphatic heterocycles. The summed E-state index contributed by atoms with van der Waals surface area (Å²) in [5.74, 6) is -1.87. The van der Waals surface area contributed by atoms with E-state index < -0.39 is 22.2 Å². The van der Waals surface area contributed by atoms with Crippen LogP contribution in [-0.2, 0) is 26.1 Å². The van der Waals surface area contributed by atoms with Gasteiger partial charge in [-0.3, -0.25) is 4.90 Å². The van der Waals surface area contributed by atoms with E-state index in [0.717, 1.165) is 19.6 Å². The highest BCUT2D eigenvalue weighted by Gasteiger charge is 2.43. The standard InChI is InChI=1S/C14H22N2O3S2.C2HF3O2/c1-2-21(17,18)15-6-11-10-19-14-9-16(8-13(11)14)7-12-4-3-5-20-12;3-2(4,5)1(6)7/h3-5,11,13-15H,2,6-10H2,1H3;(H,6,7)/t11-,13+,14+;/m0./s1. The number of sulfonamides is 1. The molecule has 3 atom stereocenters. The Balaban J connectivity index is 0.000000345. The van der Waals surface area contributed by atoms with Crippen molar-refractivity contribution in [2.45, 2.75) is 25.7 Å². The molecule has 0 aliphatic carbocycles. The molecule has 0 spiro atoms. The third-order valence-electron chi connectivity index (χ3n) is 4.66. The average molecular weight is 444 g/mol. The van der Waals surface area contributed by atoms with Gasteiger partial charge in [-0.15, -0.1) is 11.3 Å². The van der Waals surface area contributed by atoms with E-state index in [-0.39, 0.29) is 11.9 Å². The largest absolute Gasteiger partial charge is 0.490 e. The number of thiophene rings is 1. The van der Waals surface area contributed by atoms with Crippen LogP contribution in [-0.4, -0.2) is 68.7 Å². The van der Waals surface area contributed by atoms with Crippen LogP contribution in [0.4, 0.5) is 13.2 Å². The molecule has 1 aromatic heterocycles. The number of carboxylic acids is 1. The van der Waals surface area contributed by atoms with Gasteiger partial charge in [0.15, 0.2) is 0 Å². The van der Waals surface area contributed by atoms with E-state index in [1.807, 2.05) is 0 Å². The smallest absolute Gasteiger partial charge is 0.475 e. The highest BCUT2D eigenvalue weighted by atomic mass is 32.2. The van der Waals surface area contributed by atoms with Gasteiger partial charge in [0.05, 0.1) is 18.5 Å². The number of ether oxygens (including phenoxy) is 1. The molecule has 2 N–H and O–H groups in total. The highest BCUT2D eigenvalue weighted by Crippen LogP contribution is 2.34. The number of alkyl halides is 3. The normalized spacial score (nSPS) is 25.2. The van der Waals surface area contributed by atoms with Crippen molar-refractivity contribution in [2.24, 2.45) is 11.8 Å². The van der Waals surface area contributed by atoms with E-state index in [2.05, 4.69) is 27.1 Å². The minimum Gasteiger partial charge on any atom is -0.475 e. The maximum Gasteiger partial charge on any atom is 0.490 e. The number of nitrogens with zero attached hydrogens (tertiary/aromatic N) is 1. The minimum absolute atomic E-state index is 0.138. The second kappa shape index (κ2) is 9.53. The monoisotopic (exact) mass is 444 g/mol. The van der Waals surface area contributed by atoms with E-state index >= 15 is 0 Å². The third-order valence-corrected chi connectivity index (χ3v) is 6.89. The molecule has 12 heteroatoms. The lowest BCUT2D eigenvalue weighted by molar-refractivity contribution is -0.192. The molecule has 0 amide bonds. The van der Waals surface area contributed by atoms with Crippen LogP contribution in [0.1, 0.15) is 11.8 Å². The lowest BCUT2D eigenvalue weighted by Gasteiger charge is -2.19. The number of rotatable bonds is 6. The summed E-state index contributed by atoms with van der Waals surface area (Å²) in [6, 6.07) is 4.24. The van der Waals surface area contributed by atoms with Crippen molar-refractivity contribution in [1.29, 1.82) is 0 Å². The molecule has 3 heterocycles. The molecule has 0 unspecified atom stereocenters. The van der Waals surface area contributed by atoms with Gasteiger partial charge in [0.1, 0.15) is 0 Å². The van der Waals surface area contributed by atoms with E-state index in [4.69, 9.17) is 14.6 Å². The Kier molecular flexibility index (Phi) is 7.85. The van der Waals surface area contributed by atoms with E-state index in [9.17, 15) is 21.6 Å². The molecule has 0 bridgehead atoms. The summed E-state index contributed by atoms with van der Waals surface area (Å²) in [4.78, 5) is 12.7. The predicted octanol–water partition coefficient (Wildman–Crippen LogP) is 1.77. The van der Waals surface area contributed by atoms with Crippen LogP contribution >= 0.6 is 11.3 Å². The molecule has 0 radical (unpaired) electrons.